The van der Waals surface area contributed by atoms with Crippen molar-refractivity contribution in [2.45, 2.75) is 63.7 Å². The van der Waals surface area contributed by atoms with Gasteiger partial charge in [-0.25, -0.2) is 17.9 Å². The monoisotopic (exact) mass is 624 g/mol. The highest BCUT2D eigenvalue weighted by molar-refractivity contribution is 7.90. The Morgan fingerprint density at radius 2 is 1.64 bits per heavy atom. The average molecular weight is 625 g/mol. The Hall–Kier alpha value is -3.93. The van der Waals surface area contributed by atoms with Crippen LogP contribution in [0.2, 0.25) is 0 Å². The van der Waals surface area contributed by atoms with Crippen LogP contribution in [0.4, 0.5) is 4.79 Å². The highest BCUT2D eigenvalue weighted by atomic mass is 32.2. The molecular weight excluding hydrogens is 584 g/mol. The van der Waals surface area contributed by atoms with Crippen LogP contribution < -0.4 is 9.46 Å². The minimum absolute atomic E-state index is 0.0815. The Morgan fingerprint density at radius 3 is 2.27 bits per heavy atom. The smallest absolute Gasteiger partial charge is 0.407 e. The molecule has 4 N–H and O–H groups in total. The zero-order valence-corrected chi connectivity index (χ0v) is 25.6. The van der Waals surface area contributed by atoms with E-state index in [9.17, 15) is 28.2 Å². The highest BCUT2D eigenvalue weighted by Crippen LogP contribution is 2.31. The van der Waals surface area contributed by atoms with E-state index in [2.05, 4.69) is 0 Å². The third-order valence-corrected chi connectivity index (χ3v) is 9.16. The summed E-state index contributed by atoms with van der Waals surface area (Å²) in [6, 6.07) is 20.9. The lowest BCUT2D eigenvalue weighted by atomic mass is 9.97. The van der Waals surface area contributed by atoms with Crippen molar-refractivity contribution in [1.82, 2.24) is 9.62 Å². The second kappa shape index (κ2) is 15.2. The summed E-state index contributed by atoms with van der Waals surface area (Å²) in [5, 5.41) is 29.6. The van der Waals surface area contributed by atoms with Crippen LogP contribution in [-0.2, 0) is 16.4 Å². The first-order valence-electron chi connectivity index (χ1n) is 14.9. The number of ether oxygens (including phenoxy) is 1. The van der Waals surface area contributed by atoms with Crippen LogP contribution in [0.5, 0.6) is 5.75 Å². The van der Waals surface area contributed by atoms with Crippen LogP contribution in [0.1, 0.15) is 66.6 Å². The predicted octanol–water partition coefficient (Wildman–Crippen LogP) is 4.76. The van der Waals surface area contributed by atoms with Crippen molar-refractivity contribution in [3.63, 3.8) is 0 Å². The summed E-state index contributed by atoms with van der Waals surface area (Å²) in [5.74, 6) is -1.11. The van der Waals surface area contributed by atoms with Gasteiger partial charge in [0.15, 0.2) is 0 Å². The van der Waals surface area contributed by atoms with E-state index in [-0.39, 0.29) is 18.2 Å². The summed E-state index contributed by atoms with van der Waals surface area (Å²) < 4.78 is 32.5. The van der Waals surface area contributed by atoms with Gasteiger partial charge in [-0.2, -0.15) is 0 Å². The Kier molecular flexibility index (Phi) is 11.4. The zero-order valence-electron chi connectivity index (χ0n) is 24.8. The van der Waals surface area contributed by atoms with E-state index in [1.807, 2.05) is 35.1 Å². The van der Waals surface area contributed by atoms with E-state index in [0.29, 0.717) is 17.7 Å². The molecule has 236 valence electrons. The molecule has 1 saturated carbocycles. The first-order valence-corrected chi connectivity index (χ1v) is 16.5. The van der Waals surface area contributed by atoms with Gasteiger partial charge in [0.05, 0.1) is 36.2 Å². The fraction of sp³-hybridized carbons (Fsp3) is 0.394. The average Bonchev–Trinajstić information content (AvgIpc) is 3.01. The fourth-order valence-corrected chi connectivity index (χ4v) is 6.14. The molecular formula is C33H40N2O8S. The van der Waals surface area contributed by atoms with E-state index < -0.39 is 46.5 Å². The number of carbonyl (C=O) groups is 2. The molecule has 2 amide bonds. The normalized spacial score (nSPS) is 15.2. The molecule has 3 aromatic rings. The molecule has 0 bridgehead atoms. The molecule has 0 unspecified atom stereocenters. The van der Waals surface area contributed by atoms with Gasteiger partial charge in [-0.15, -0.1) is 0 Å². The molecule has 0 radical (unpaired) electrons. The van der Waals surface area contributed by atoms with E-state index in [4.69, 9.17) is 9.84 Å². The van der Waals surface area contributed by atoms with Gasteiger partial charge in [0, 0.05) is 6.54 Å². The number of hydrogen-bond donors (Lipinski definition) is 4. The minimum Gasteiger partial charge on any atom is -0.490 e. The number of nitrogens with zero attached hydrogens (tertiary/aromatic N) is 1. The highest BCUT2D eigenvalue weighted by Gasteiger charge is 2.27. The summed E-state index contributed by atoms with van der Waals surface area (Å²) in [6.45, 7) is 1.28. The lowest BCUT2D eigenvalue weighted by molar-refractivity contribution is 0.0559. The second-order valence-electron chi connectivity index (χ2n) is 11.1. The maximum atomic E-state index is 12.9. The Morgan fingerprint density at radius 1 is 0.977 bits per heavy atom. The summed E-state index contributed by atoms with van der Waals surface area (Å²) in [6.07, 6.45) is 3.13. The van der Waals surface area contributed by atoms with Crippen LogP contribution in [0.15, 0.2) is 72.8 Å². The molecule has 10 nitrogen and oxygen atoms in total. The number of sulfonamides is 1. The van der Waals surface area contributed by atoms with Crippen molar-refractivity contribution < 1.29 is 38.1 Å². The molecule has 3 aromatic carbocycles. The molecule has 0 aliphatic heterocycles. The predicted molar refractivity (Wildman–Crippen MR) is 167 cm³/mol. The summed E-state index contributed by atoms with van der Waals surface area (Å²) >= 11 is 0. The summed E-state index contributed by atoms with van der Waals surface area (Å²) in [5.41, 5.74) is 3.26. The minimum atomic E-state index is -4.00. The van der Waals surface area contributed by atoms with Crippen LogP contribution in [0.3, 0.4) is 0 Å². The van der Waals surface area contributed by atoms with Gasteiger partial charge in [0.2, 0.25) is 10.0 Å². The van der Waals surface area contributed by atoms with Gasteiger partial charge < -0.3 is 25.0 Å². The molecule has 1 aliphatic rings. The van der Waals surface area contributed by atoms with Crippen LogP contribution >= 0.6 is 0 Å². The first kappa shape index (κ1) is 33.0. The van der Waals surface area contributed by atoms with Gasteiger partial charge >= 0.3 is 6.09 Å². The van der Waals surface area contributed by atoms with Crippen LogP contribution in [-0.4, -0.2) is 71.7 Å². The zero-order chi connectivity index (χ0) is 31.7. The molecule has 2 atom stereocenters. The molecule has 1 fully saturated rings. The first-order chi connectivity index (χ1) is 21.1. The van der Waals surface area contributed by atoms with E-state index in [0.717, 1.165) is 48.8 Å². The number of carbonyl (C=O) groups excluding carboxylic acids is 1. The summed E-state index contributed by atoms with van der Waals surface area (Å²) in [7, 11) is -4.00. The molecule has 0 spiro atoms. The number of aliphatic hydroxyl groups excluding tert-OH is 2. The SMILES string of the molecule is C[C@@H]([C@@H](O)c1ccccc1)N(CCc1ccc(-c2ccc(C(=O)NS(=O)(=O)CCO)c(OC3CCCCC3)c2)cc1)C(=O)O. The third kappa shape index (κ3) is 8.81. The van der Waals surface area contributed by atoms with Gasteiger partial charge in [0.1, 0.15) is 5.75 Å². The lowest BCUT2D eigenvalue weighted by Crippen LogP contribution is -2.42. The Labute approximate surface area is 258 Å². The largest absolute Gasteiger partial charge is 0.490 e. The number of amides is 2. The molecule has 1 aliphatic carbocycles. The third-order valence-electron chi connectivity index (χ3n) is 7.94. The fourth-order valence-electron chi connectivity index (χ4n) is 5.40. The number of rotatable bonds is 13. The lowest BCUT2D eigenvalue weighted by Gasteiger charge is -2.30. The van der Waals surface area contributed by atoms with Crippen molar-refractivity contribution in [3.8, 4) is 16.9 Å². The van der Waals surface area contributed by atoms with Gasteiger partial charge in [-0.1, -0.05) is 67.1 Å². The quantitative estimate of drug-likeness (QED) is 0.212. The molecule has 4 rings (SSSR count). The van der Waals surface area contributed by atoms with Crippen LogP contribution in [0.25, 0.3) is 11.1 Å². The maximum absolute atomic E-state index is 12.9. The number of benzene rings is 3. The molecule has 0 heterocycles. The van der Waals surface area contributed by atoms with Gasteiger partial charge in [0.25, 0.3) is 5.91 Å². The standard InChI is InChI=1S/C33H40N2O8S/c1-23(31(37)26-8-4-2-5-9-26)35(33(39)40)19-18-24-12-14-25(15-13-24)27-16-17-29(32(38)34-44(41,42)21-20-36)30(22-27)43-28-10-6-3-7-11-28/h2,4-5,8-9,12-17,22-23,28,31,36-37H,3,6-7,10-11,18-21H2,1H3,(H,34,38)(H,39,40)/t23-,31+/m0/s1. The van der Waals surface area contributed by atoms with Crippen molar-refractivity contribution in [1.29, 1.82) is 0 Å². The second-order valence-corrected chi connectivity index (χ2v) is 12.9. The Balaban J connectivity index is 1.50. The molecule has 44 heavy (non-hydrogen) atoms. The molecule has 11 heteroatoms. The van der Waals surface area contributed by atoms with Gasteiger partial charge in [-0.05, 0) is 73.4 Å². The molecule has 0 saturated heterocycles. The van der Waals surface area contributed by atoms with Crippen molar-refractivity contribution >= 4 is 22.0 Å². The number of hydrogen-bond acceptors (Lipinski definition) is 7. The van der Waals surface area contributed by atoms with E-state index in [1.54, 1.807) is 43.3 Å². The molecule has 0 aromatic heterocycles. The topological polar surface area (TPSA) is 153 Å². The number of aliphatic hydroxyl groups is 2. The number of nitrogens with one attached hydrogen (secondary N) is 1. The van der Waals surface area contributed by atoms with Crippen molar-refractivity contribution in [2.24, 2.45) is 0 Å². The van der Waals surface area contributed by atoms with Crippen molar-refractivity contribution in [3.05, 3.63) is 89.5 Å². The number of carboxylic acid groups (broad SMARTS) is 1. The van der Waals surface area contributed by atoms with Crippen LogP contribution in [0, 0.1) is 0 Å². The van der Waals surface area contributed by atoms with Crippen molar-refractivity contribution in [2.75, 3.05) is 18.9 Å². The summed E-state index contributed by atoms with van der Waals surface area (Å²) in [4.78, 5) is 26.2. The maximum Gasteiger partial charge on any atom is 0.407 e. The van der Waals surface area contributed by atoms with E-state index in [1.165, 1.54) is 11.0 Å². The Bertz CT molecular complexity index is 1510. The van der Waals surface area contributed by atoms with Gasteiger partial charge in [-0.3, -0.25) is 4.79 Å². The van der Waals surface area contributed by atoms with E-state index >= 15 is 0 Å².